The van der Waals surface area contributed by atoms with Crippen molar-refractivity contribution in [2.75, 3.05) is 40.8 Å². The van der Waals surface area contributed by atoms with Crippen LogP contribution in [0.4, 0.5) is 0 Å². The van der Waals surface area contributed by atoms with Gasteiger partial charge in [0.1, 0.15) is 0 Å². The molecule has 0 aliphatic heterocycles. The van der Waals surface area contributed by atoms with Crippen molar-refractivity contribution in [2.24, 2.45) is 11.3 Å². The summed E-state index contributed by atoms with van der Waals surface area (Å²) in [5, 5.41) is 9.03. The summed E-state index contributed by atoms with van der Waals surface area (Å²) < 4.78 is 0. The molecule has 0 saturated carbocycles. The van der Waals surface area contributed by atoms with Gasteiger partial charge >= 0.3 is 0 Å². The normalized spacial score (nSPS) is 12.8. The van der Waals surface area contributed by atoms with Crippen molar-refractivity contribution in [3.05, 3.63) is 23.8 Å². The number of ketones is 1. The van der Waals surface area contributed by atoms with Gasteiger partial charge in [0.15, 0.2) is 5.78 Å². The molecular formula is C22H47N3O. The van der Waals surface area contributed by atoms with E-state index in [0.717, 1.165) is 31.6 Å². The molecule has 0 amide bonds. The van der Waals surface area contributed by atoms with Crippen LogP contribution in [0.25, 0.3) is 0 Å². The van der Waals surface area contributed by atoms with Crippen LogP contribution in [0.3, 0.4) is 0 Å². The summed E-state index contributed by atoms with van der Waals surface area (Å²) in [7, 11) is 5.85. The molecular weight excluding hydrogens is 322 g/mol. The minimum absolute atomic E-state index is 0.248. The minimum atomic E-state index is -0.268. The Hall–Kier alpha value is -0.970. The Morgan fingerprint density at radius 1 is 0.962 bits per heavy atom. The van der Waals surface area contributed by atoms with Gasteiger partial charge in [0.05, 0.1) is 0 Å². The number of Topliss-reactive ketones (excluding diaryl/α,β-unsaturated/α-hetero) is 1. The molecule has 0 aromatic carbocycles. The van der Waals surface area contributed by atoms with Crippen LogP contribution in [0.5, 0.6) is 0 Å². The zero-order chi connectivity index (χ0) is 21.0. The van der Waals surface area contributed by atoms with Gasteiger partial charge in [-0.05, 0) is 53.9 Å². The average Bonchev–Trinajstić information content (AvgIpc) is 2.64. The van der Waals surface area contributed by atoms with E-state index in [0.29, 0.717) is 5.92 Å². The molecule has 0 aromatic rings. The zero-order valence-corrected chi connectivity index (χ0v) is 19.3. The molecule has 4 heteroatoms. The Labute approximate surface area is 164 Å². The van der Waals surface area contributed by atoms with Crippen molar-refractivity contribution < 1.29 is 4.79 Å². The largest absolute Gasteiger partial charge is 0.320 e. The Kier molecular flexibility index (Phi) is 23.3. The van der Waals surface area contributed by atoms with Crippen molar-refractivity contribution in [3.63, 3.8) is 0 Å². The molecule has 26 heavy (non-hydrogen) atoms. The highest BCUT2D eigenvalue weighted by atomic mass is 16.1. The number of carbonyl (C=O) groups excluding carboxylic acids is 1. The van der Waals surface area contributed by atoms with E-state index in [2.05, 4.69) is 36.7 Å². The maximum Gasteiger partial charge on any atom is 0.168 e. The Morgan fingerprint density at radius 2 is 1.42 bits per heavy atom. The third-order valence-electron chi connectivity index (χ3n) is 4.47. The number of likely N-dealkylation sites (N-methyl/N-ethyl adjacent to an activating group) is 2. The van der Waals surface area contributed by atoms with Crippen molar-refractivity contribution in [1.29, 1.82) is 0 Å². The fourth-order valence-corrected chi connectivity index (χ4v) is 2.09. The number of rotatable bonds is 10. The smallest absolute Gasteiger partial charge is 0.168 e. The van der Waals surface area contributed by atoms with Gasteiger partial charge in [0.2, 0.25) is 0 Å². The van der Waals surface area contributed by atoms with E-state index >= 15 is 0 Å². The quantitative estimate of drug-likeness (QED) is 0.307. The molecule has 0 saturated heterocycles. The van der Waals surface area contributed by atoms with Crippen molar-refractivity contribution in [2.45, 2.75) is 61.3 Å². The summed E-state index contributed by atoms with van der Waals surface area (Å²) in [4.78, 5) is 12.3. The van der Waals surface area contributed by atoms with Crippen LogP contribution < -0.4 is 16.0 Å². The molecule has 0 bridgehead atoms. The lowest BCUT2D eigenvalue weighted by molar-refractivity contribution is -0.125. The van der Waals surface area contributed by atoms with Gasteiger partial charge in [-0.3, -0.25) is 4.79 Å². The molecule has 4 nitrogen and oxygen atoms in total. The van der Waals surface area contributed by atoms with E-state index in [1.165, 1.54) is 6.42 Å². The lowest BCUT2D eigenvalue weighted by atomic mass is 9.73. The maximum absolute atomic E-state index is 12.3. The average molecular weight is 370 g/mol. The van der Waals surface area contributed by atoms with Gasteiger partial charge in [0, 0.05) is 24.1 Å². The van der Waals surface area contributed by atoms with Crippen LogP contribution in [-0.2, 0) is 4.79 Å². The summed E-state index contributed by atoms with van der Waals surface area (Å²) in [6.45, 7) is 17.6. The fourth-order valence-electron chi connectivity index (χ4n) is 2.09. The van der Waals surface area contributed by atoms with E-state index in [1.54, 1.807) is 0 Å². The first-order valence-corrected chi connectivity index (χ1v) is 10.0. The van der Waals surface area contributed by atoms with Gasteiger partial charge < -0.3 is 16.0 Å². The highest BCUT2D eigenvalue weighted by Crippen LogP contribution is 2.32. The van der Waals surface area contributed by atoms with Crippen LogP contribution in [0, 0.1) is 11.3 Å². The second-order valence-corrected chi connectivity index (χ2v) is 6.91. The van der Waals surface area contributed by atoms with Gasteiger partial charge in [-0.1, -0.05) is 59.3 Å². The highest BCUT2D eigenvalue weighted by molar-refractivity contribution is 6.01. The maximum atomic E-state index is 12.3. The molecule has 0 rings (SSSR count). The monoisotopic (exact) mass is 369 g/mol. The van der Waals surface area contributed by atoms with Crippen molar-refractivity contribution in [3.8, 4) is 0 Å². The molecule has 0 aliphatic carbocycles. The summed E-state index contributed by atoms with van der Waals surface area (Å²) >= 11 is 0. The summed E-state index contributed by atoms with van der Waals surface area (Å²) in [6, 6.07) is 0. The second kappa shape index (κ2) is 20.3. The molecule has 1 unspecified atom stereocenters. The van der Waals surface area contributed by atoms with Crippen LogP contribution >= 0.6 is 0 Å². The lowest BCUT2D eigenvalue weighted by Crippen LogP contribution is -2.32. The predicted octanol–water partition coefficient (Wildman–Crippen LogP) is 4.19. The van der Waals surface area contributed by atoms with Crippen LogP contribution in [0.15, 0.2) is 23.8 Å². The highest BCUT2D eigenvalue weighted by Gasteiger charge is 2.33. The van der Waals surface area contributed by atoms with E-state index in [4.69, 9.17) is 0 Å². The fraction of sp³-hybridized carbons (Fsp3) is 0.773. The van der Waals surface area contributed by atoms with E-state index in [-0.39, 0.29) is 11.2 Å². The third-order valence-corrected chi connectivity index (χ3v) is 4.47. The third kappa shape index (κ3) is 15.3. The first-order valence-electron chi connectivity index (χ1n) is 10.0. The van der Waals surface area contributed by atoms with Gasteiger partial charge in [-0.15, -0.1) is 0 Å². The van der Waals surface area contributed by atoms with E-state index in [9.17, 15) is 4.79 Å². The van der Waals surface area contributed by atoms with E-state index < -0.39 is 0 Å². The molecule has 1 atom stereocenters. The molecule has 0 radical (unpaired) electrons. The first-order chi connectivity index (χ1) is 12.2. The molecule has 0 spiro atoms. The molecule has 156 valence electrons. The van der Waals surface area contributed by atoms with Crippen LogP contribution in [-0.4, -0.2) is 46.6 Å². The Bertz CT molecular complexity index is 368. The molecule has 0 aromatic heterocycles. The van der Waals surface area contributed by atoms with Crippen LogP contribution in [0.2, 0.25) is 0 Å². The topological polar surface area (TPSA) is 53.2 Å². The van der Waals surface area contributed by atoms with Crippen LogP contribution in [0.1, 0.15) is 61.3 Å². The van der Waals surface area contributed by atoms with Crippen molar-refractivity contribution in [1.82, 2.24) is 16.0 Å². The summed E-state index contributed by atoms with van der Waals surface area (Å²) in [5.74, 6) is 0.655. The lowest BCUT2D eigenvalue weighted by Gasteiger charge is -2.30. The van der Waals surface area contributed by atoms with Gasteiger partial charge in [-0.25, -0.2) is 0 Å². The summed E-state index contributed by atoms with van der Waals surface area (Å²) in [5.41, 5.74) is 0.554. The number of allylic oxidation sites excluding steroid dienone is 4. The molecule has 0 aliphatic rings. The standard InChI is InChI=1S/C14H24O.C4H12N2.C4H11N/c1-7-10-12(9-3)13(15)14(5,6)11(4)8-2;1-5-3-4-6-2;1-3-4-5-2/h7,9-11H,8H2,1-6H3;5-6H,3-4H2,1-2H3;5H,3-4H2,1-2H3/b10-7-,12-9+;;. The second-order valence-electron chi connectivity index (χ2n) is 6.91. The summed E-state index contributed by atoms with van der Waals surface area (Å²) in [6.07, 6.45) is 7.97. The van der Waals surface area contributed by atoms with Crippen molar-refractivity contribution >= 4 is 5.78 Å². The molecule has 0 heterocycles. The SMILES string of the molecule is C/C=C\C(=C/C)C(=O)C(C)(C)C(C)CC.CCCNC.CNCCNC. The number of carbonyl (C=O) groups is 1. The number of hydrogen-bond acceptors (Lipinski definition) is 4. The Balaban J connectivity index is -0.000000394. The van der Waals surface area contributed by atoms with Gasteiger partial charge in [0.25, 0.3) is 0 Å². The van der Waals surface area contributed by atoms with E-state index in [1.807, 2.05) is 67.1 Å². The Morgan fingerprint density at radius 3 is 1.65 bits per heavy atom. The minimum Gasteiger partial charge on any atom is -0.320 e. The molecule has 3 N–H and O–H groups in total. The molecule has 0 fully saturated rings. The predicted molar refractivity (Wildman–Crippen MR) is 119 cm³/mol. The zero-order valence-electron chi connectivity index (χ0n) is 19.3. The van der Waals surface area contributed by atoms with Gasteiger partial charge in [-0.2, -0.15) is 0 Å². The first kappa shape index (κ1) is 29.8. The number of hydrogen-bond donors (Lipinski definition) is 3. The number of nitrogens with one attached hydrogen (secondary N) is 3.